The SMILES string of the molecule is CNC(=O)C(N)Cc1ccccc1.C[C@H](CCCCN=C(N)CF)C(=O)N(C)c1nn[nH]n1. The Kier molecular flexibility index (Phi) is 12.9. The molecule has 182 valence electrons. The number of carbonyl (C=O) groups excluding carboxylic acids is 2. The minimum absolute atomic E-state index is 0.0194. The van der Waals surface area contributed by atoms with Crippen molar-refractivity contribution in [1.29, 1.82) is 0 Å². The molecule has 1 aromatic heterocycles. The number of amidine groups is 1. The van der Waals surface area contributed by atoms with Crippen molar-refractivity contribution in [3.63, 3.8) is 0 Å². The summed E-state index contributed by atoms with van der Waals surface area (Å²) in [6.45, 7) is 1.61. The number of unbranched alkanes of at least 4 members (excludes halogenated alkanes) is 1. The first-order chi connectivity index (χ1) is 15.8. The number of aromatic nitrogens is 4. The Morgan fingerprint density at radius 1 is 1.27 bits per heavy atom. The van der Waals surface area contributed by atoms with Gasteiger partial charge in [0.05, 0.1) is 6.04 Å². The van der Waals surface area contributed by atoms with Crippen molar-refractivity contribution in [2.24, 2.45) is 22.4 Å². The van der Waals surface area contributed by atoms with Crippen molar-refractivity contribution in [2.75, 3.05) is 32.2 Å². The molecular formula is C21H34FN9O2. The van der Waals surface area contributed by atoms with Gasteiger partial charge in [0.2, 0.25) is 11.8 Å². The fourth-order valence-corrected chi connectivity index (χ4v) is 2.82. The van der Waals surface area contributed by atoms with Gasteiger partial charge >= 0.3 is 0 Å². The predicted octanol–water partition coefficient (Wildman–Crippen LogP) is 0.598. The van der Waals surface area contributed by atoms with Crippen molar-refractivity contribution in [2.45, 2.75) is 38.6 Å². The number of tetrazole rings is 1. The largest absolute Gasteiger partial charge is 0.385 e. The molecule has 0 saturated heterocycles. The number of likely N-dealkylation sites (N-methyl/N-ethyl adjacent to an activating group) is 1. The predicted molar refractivity (Wildman–Crippen MR) is 125 cm³/mol. The molecule has 0 fully saturated rings. The number of benzene rings is 1. The summed E-state index contributed by atoms with van der Waals surface area (Å²) < 4.78 is 12.0. The molecule has 1 heterocycles. The molecule has 0 aliphatic rings. The standard InChI is InChI=1S/C11H20FN7O.C10H14N2O/c1-8(5-3-4-6-14-9(13)7-12)10(20)19(2)11-15-17-18-16-11;1-12-10(13)9(11)7-8-5-3-2-4-6-8/h8H,3-7H2,1-2H3,(H2,13,14)(H,15,16,17,18);2-6,9H,7,11H2,1H3,(H,12,13)/t8-;/m1./s1. The first-order valence-electron chi connectivity index (χ1n) is 10.7. The lowest BCUT2D eigenvalue weighted by Crippen LogP contribution is -2.40. The van der Waals surface area contributed by atoms with Gasteiger partial charge in [0.25, 0.3) is 5.95 Å². The van der Waals surface area contributed by atoms with E-state index >= 15 is 0 Å². The number of alkyl halides is 1. The van der Waals surface area contributed by atoms with E-state index in [9.17, 15) is 14.0 Å². The third-order valence-electron chi connectivity index (χ3n) is 4.76. The molecule has 0 radical (unpaired) electrons. The van der Waals surface area contributed by atoms with Crippen LogP contribution >= 0.6 is 0 Å². The van der Waals surface area contributed by atoms with Gasteiger partial charge in [-0.25, -0.2) is 4.39 Å². The molecule has 11 nitrogen and oxygen atoms in total. The smallest absolute Gasteiger partial charge is 0.272 e. The van der Waals surface area contributed by atoms with Crippen LogP contribution in [0.3, 0.4) is 0 Å². The van der Waals surface area contributed by atoms with Gasteiger partial charge < -0.3 is 16.8 Å². The average Bonchev–Trinajstić information content (AvgIpc) is 3.38. The number of aliphatic imine (C=N–C) groups is 1. The Morgan fingerprint density at radius 3 is 2.55 bits per heavy atom. The van der Waals surface area contributed by atoms with E-state index < -0.39 is 12.7 Å². The molecule has 33 heavy (non-hydrogen) atoms. The maximum atomic E-state index is 12.1. The molecule has 0 saturated carbocycles. The van der Waals surface area contributed by atoms with E-state index in [4.69, 9.17) is 11.5 Å². The van der Waals surface area contributed by atoms with Crippen molar-refractivity contribution in [1.82, 2.24) is 25.9 Å². The molecular weight excluding hydrogens is 429 g/mol. The number of carbonyl (C=O) groups is 2. The fraction of sp³-hybridized carbons (Fsp3) is 0.524. The van der Waals surface area contributed by atoms with Crippen LogP contribution in [-0.4, -0.2) is 71.6 Å². The van der Waals surface area contributed by atoms with Gasteiger partial charge in [0.1, 0.15) is 12.5 Å². The molecule has 1 aromatic carbocycles. The van der Waals surface area contributed by atoms with Crippen LogP contribution in [0.2, 0.25) is 0 Å². The summed E-state index contributed by atoms with van der Waals surface area (Å²) in [4.78, 5) is 28.4. The van der Waals surface area contributed by atoms with E-state index in [1.807, 2.05) is 37.3 Å². The molecule has 0 aliphatic carbocycles. The second-order valence-electron chi connectivity index (χ2n) is 7.42. The molecule has 2 aromatic rings. The Balaban J connectivity index is 0.000000361. The molecule has 2 amide bonds. The Morgan fingerprint density at radius 2 is 1.97 bits per heavy atom. The number of rotatable bonds is 11. The van der Waals surface area contributed by atoms with Gasteiger partial charge in [-0.1, -0.05) is 48.8 Å². The highest BCUT2D eigenvalue weighted by Gasteiger charge is 2.20. The summed E-state index contributed by atoms with van der Waals surface area (Å²) in [7, 11) is 3.20. The number of amides is 2. The summed E-state index contributed by atoms with van der Waals surface area (Å²) in [6, 6.07) is 9.28. The summed E-state index contributed by atoms with van der Waals surface area (Å²) in [5.74, 6) is -0.0730. The Bertz CT molecular complexity index is 847. The maximum Gasteiger partial charge on any atom is 0.272 e. The van der Waals surface area contributed by atoms with E-state index in [0.29, 0.717) is 19.4 Å². The third kappa shape index (κ3) is 10.6. The lowest BCUT2D eigenvalue weighted by molar-refractivity contribution is -0.122. The number of nitrogens with zero attached hydrogens (tertiary/aromatic N) is 5. The van der Waals surface area contributed by atoms with Gasteiger partial charge in [0, 0.05) is 26.6 Å². The first kappa shape index (κ1) is 27.6. The lowest BCUT2D eigenvalue weighted by Gasteiger charge is -2.17. The summed E-state index contributed by atoms with van der Waals surface area (Å²) in [5.41, 5.74) is 12.0. The fourth-order valence-electron chi connectivity index (χ4n) is 2.82. The Hall–Kier alpha value is -3.41. The monoisotopic (exact) mass is 463 g/mol. The van der Waals surface area contributed by atoms with Crippen LogP contribution in [0.4, 0.5) is 10.3 Å². The highest BCUT2D eigenvalue weighted by atomic mass is 19.1. The van der Waals surface area contributed by atoms with Crippen LogP contribution < -0.4 is 21.7 Å². The number of anilines is 1. The zero-order valence-corrected chi connectivity index (χ0v) is 19.4. The molecule has 2 rings (SSSR count). The van der Waals surface area contributed by atoms with Gasteiger partial charge in [-0.2, -0.15) is 5.21 Å². The molecule has 0 spiro atoms. The second-order valence-corrected chi connectivity index (χ2v) is 7.42. The summed E-state index contributed by atoms with van der Waals surface area (Å²) in [6.07, 6.45) is 2.88. The van der Waals surface area contributed by atoms with E-state index in [1.165, 1.54) is 4.90 Å². The number of aromatic amines is 1. The van der Waals surface area contributed by atoms with Crippen LogP contribution in [0.5, 0.6) is 0 Å². The highest BCUT2D eigenvalue weighted by molar-refractivity contribution is 5.92. The number of nitrogens with one attached hydrogen (secondary N) is 2. The zero-order chi connectivity index (χ0) is 24.6. The number of nitrogens with two attached hydrogens (primary N) is 2. The molecule has 0 bridgehead atoms. The quantitative estimate of drug-likeness (QED) is 0.215. The summed E-state index contributed by atoms with van der Waals surface area (Å²) >= 11 is 0. The van der Waals surface area contributed by atoms with E-state index in [0.717, 1.165) is 18.4 Å². The molecule has 6 N–H and O–H groups in total. The van der Waals surface area contributed by atoms with Gasteiger partial charge in [-0.3, -0.25) is 19.5 Å². The topological polar surface area (TPSA) is 168 Å². The number of halogens is 1. The van der Waals surface area contributed by atoms with Crippen molar-refractivity contribution in [3.05, 3.63) is 35.9 Å². The maximum absolute atomic E-state index is 12.1. The Labute approximate surface area is 193 Å². The number of hydrogen-bond donors (Lipinski definition) is 4. The van der Waals surface area contributed by atoms with Crippen molar-refractivity contribution < 1.29 is 14.0 Å². The molecule has 0 aliphatic heterocycles. The normalized spacial score (nSPS) is 12.8. The van der Waals surface area contributed by atoms with Crippen LogP contribution in [0.1, 0.15) is 31.7 Å². The zero-order valence-electron chi connectivity index (χ0n) is 19.4. The van der Waals surface area contributed by atoms with Gasteiger partial charge in [0.15, 0.2) is 0 Å². The van der Waals surface area contributed by atoms with Crippen LogP contribution in [0.15, 0.2) is 35.3 Å². The van der Waals surface area contributed by atoms with Crippen molar-refractivity contribution >= 4 is 23.6 Å². The number of H-pyrrole nitrogens is 1. The molecule has 1 unspecified atom stereocenters. The first-order valence-corrected chi connectivity index (χ1v) is 10.7. The van der Waals surface area contributed by atoms with Crippen LogP contribution in [0, 0.1) is 5.92 Å². The van der Waals surface area contributed by atoms with Gasteiger partial charge in [-0.05, 0) is 30.0 Å². The van der Waals surface area contributed by atoms with Crippen molar-refractivity contribution in [3.8, 4) is 0 Å². The average molecular weight is 464 g/mol. The van der Waals surface area contributed by atoms with Crippen LogP contribution in [-0.2, 0) is 16.0 Å². The lowest BCUT2D eigenvalue weighted by atomic mass is 10.0. The minimum atomic E-state index is -0.718. The number of hydrogen-bond acceptors (Lipinski definition) is 7. The molecule has 12 heteroatoms. The minimum Gasteiger partial charge on any atom is -0.385 e. The third-order valence-corrected chi connectivity index (χ3v) is 4.76. The van der Waals surface area contributed by atoms with Gasteiger partial charge in [-0.15, -0.1) is 5.10 Å². The second kappa shape index (κ2) is 15.4. The molecule has 2 atom stereocenters. The van der Waals surface area contributed by atoms with Crippen LogP contribution in [0.25, 0.3) is 0 Å². The van der Waals surface area contributed by atoms with E-state index in [2.05, 4.69) is 30.9 Å². The van der Waals surface area contributed by atoms with E-state index in [1.54, 1.807) is 14.1 Å². The highest BCUT2D eigenvalue weighted by Crippen LogP contribution is 2.13. The summed E-state index contributed by atoms with van der Waals surface area (Å²) in [5, 5.41) is 15.7. The van der Waals surface area contributed by atoms with E-state index in [-0.39, 0.29) is 29.5 Å².